The Morgan fingerprint density at radius 2 is 1.78 bits per heavy atom. The monoisotopic (exact) mass is 448 g/mol. The first-order valence-corrected chi connectivity index (χ1v) is 10.4. The van der Waals surface area contributed by atoms with Crippen molar-refractivity contribution in [2.24, 2.45) is 5.14 Å². The first-order valence-electron chi connectivity index (χ1n) is 8.04. The quantitative estimate of drug-likeness (QED) is 0.536. The molecule has 7 nitrogen and oxygen atoms in total. The molecule has 0 aliphatic heterocycles. The Morgan fingerprint density at radius 1 is 1.11 bits per heavy atom. The molecule has 0 spiro atoms. The van der Waals surface area contributed by atoms with E-state index in [-0.39, 0.29) is 10.8 Å². The molecule has 27 heavy (non-hydrogen) atoms. The molecule has 4 N–H and O–H groups in total. The molecule has 1 amide bonds. The highest BCUT2D eigenvalue weighted by atomic mass is 79.9. The van der Waals surface area contributed by atoms with E-state index < -0.39 is 10.0 Å². The average Bonchev–Trinajstić information content (AvgIpc) is 3.12. The lowest BCUT2D eigenvalue weighted by Crippen LogP contribution is -2.26. The van der Waals surface area contributed by atoms with Gasteiger partial charge in [-0.2, -0.15) is 5.10 Å². The number of benzene rings is 2. The smallest absolute Gasteiger partial charge is 0.269 e. The second-order valence-electron chi connectivity index (χ2n) is 5.87. The third-order valence-corrected chi connectivity index (χ3v) is 5.37. The number of H-pyrrole nitrogens is 1. The number of hydrogen-bond acceptors (Lipinski definition) is 4. The highest BCUT2D eigenvalue weighted by Gasteiger charge is 2.11. The van der Waals surface area contributed by atoms with Gasteiger partial charge in [-0.15, -0.1) is 0 Å². The average molecular weight is 449 g/mol. The predicted molar refractivity (Wildman–Crippen MR) is 106 cm³/mol. The number of rotatable bonds is 6. The van der Waals surface area contributed by atoms with Crippen LogP contribution in [-0.2, 0) is 16.4 Å². The van der Waals surface area contributed by atoms with E-state index in [0.717, 1.165) is 15.6 Å². The van der Waals surface area contributed by atoms with E-state index in [2.05, 4.69) is 31.4 Å². The summed E-state index contributed by atoms with van der Waals surface area (Å²) in [5.41, 5.74) is 2.86. The van der Waals surface area contributed by atoms with E-state index in [9.17, 15) is 13.2 Å². The summed E-state index contributed by atoms with van der Waals surface area (Å²) in [4.78, 5) is 12.3. The van der Waals surface area contributed by atoms with Gasteiger partial charge in [0.25, 0.3) is 5.91 Å². The van der Waals surface area contributed by atoms with Crippen molar-refractivity contribution >= 4 is 31.9 Å². The van der Waals surface area contributed by atoms with Crippen molar-refractivity contribution in [1.82, 2.24) is 15.5 Å². The topological polar surface area (TPSA) is 118 Å². The number of nitrogens with zero attached hydrogens (tertiary/aromatic N) is 1. The molecular formula is C18H17BrN4O3S. The largest absolute Gasteiger partial charge is 0.350 e. The lowest BCUT2D eigenvalue weighted by molar-refractivity contribution is 0.0949. The standard InChI is InChI=1S/C18H17BrN4O3S/c19-14-5-3-13(4-6-14)16-11-17(23-22-16)18(24)21-10-9-12-1-7-15(8-2-12)27(20,25)26/h1-8,11H,9-10H2,(H,21,24)(H,22,23)(H2,20,25,26). The maximum Gasteiger partial charge on any atom is 0.269 e. The third kappa shape index (κ3) is 5.03. The van der Waals surface area contributed by atoms with E-state index in [4.69, 9.17) is 5.14 Å². The molecule has 140 valence electrons. The van der Waals surface area contributed by atoms with Crippen LogP contribution in [0.2, 0.25) is 0 Å². The first kappa shape index (κ1) is 19.3. The van der Waals surface area contributed by atoms with Gasteiger partial charge >= 0.3 is 0 Å². The zero-order valence-corrected chi connectivity index (χ0v) is 16.5. The molecule has 1 heterocycles. The van der Waals surface area contributed by atoms with Gasteiger partial charge in [0.1, 0.15) is 5.69 Å². The Morgan fingerprint density at radius 3 is 2.41 bits per heavy atom. The summed E-state index contributed by atoms with van der Waals surface area (Å²) in [7, 11) is -3.70. The van der Waals surface area contributed by atoms with Crippen LogP contribution in [-0.4, -0.2) is 31.1 Å². The van der Waals surface area contributed by atoms with Crippen LogP contribution in [0.4, 0.5) is 0 Å². The van der Waals surface area contributed by atoms with Gasteiger partial charge < -0.3 is 5.32 Å². The van der Waals surface area contributed by atoms with Gasteiger partial charge in [-0.05, 0) is 42.3 Å². The molecule has 0 atom stereocenters. The number of aromatic amines is 1. The SMILES string of the molecule is NS(=O)(=O)c1ccc(CCNC(=O)c2cc(-c3ccc(Br)cc3)n[nH]2)cc1. The van der Waals surface area contributed by atoms with Crippen LogP contribution < -0.4 is 10.5 Å². The molecule has 0 saturated heterocycles. The summed E-state index contributed by atoms with van der Waals surface area (Å²) in [6.45, 7) is 0.403. The second kappa shape index (κ2) is 8.03. The van der Waals surface area contributed by atoms with Crippen LogP contribution in [0.3, 0.4) is 0 Å². The lowest BCUT2D eigenvalue weighted by Gasteiger charge is -2.05. The molecule has 0 bridgehead atoms. The van der Waals surface area contributed by atoms with Gasteiger partial charge in [0.15, 0.2) is 0 Å². The van der Waals surface area contributed by atoms with Crippen LogP contribution in [0.25, 0.3) is 11.3 Å². The number of primary sulfonamides is 1. The zero-order chi connectivity index (χ0) is 19.4. The Labute approximate surface area is 165 Å². The molecule has 2 aromatic carbocycles. The van der Waals surface area contributed by atoms with Crippen LogP contribution in [0.5, 0.6) is 0 Å². The van der Waals surface area contributed by atoms with E-state index >= 15 is 0 Å². The van der Waals surface area contributed by atoms with Gasteiger partial charge in [-0.1, -0.05) is 40.2 Å². The van der Waals surface area contributed by atoms with Crippen LogP contribution in [0, 0.1) is 0 Å². The van der Waals surface area contributed by atoms with Crippen LogP contribution in [0.1, 0.15) is 16.1 Å². The number of amides is 1. The zero-order valence-electron chi connectivity index (χ0n) is 14.1. The number of carbonyl (C=O) groups excluding carboxylic acids is 1. The van der Waals surface area contributed by atoms with Gasteiger partial charge in [-0.25, -0.2) is 13.6 Å². The van der Waals surface area contributed by atoms with Crippen LogP contribution >= 0.6 is 15.9 Å². The van der Waals surface area contributed by atoms with Gasteiger partial charge in [0, 0.05) is 16.6 Å². The summed E-state index contributed by atoms with van der Waals surface area (Å²) in [6.07, 6.45) is 0.560. The number of aromatic nitrogens is 2. The van der Waals surface area contributed by atoms with Crippen molar-refractivity contribution in [2.75, 3.05) is 6.54 Å². The van der Waals surface area contributed by atoms with Crippen molar-refractivity contribution in [3.63, 3.8) is 0 Å². The fraction of sp³-hybridized carbons (Fsp3) is 0.111. The summed E-state index contributed by atoms with van der Waals surface area (Å²) >= 11 is 3.38. The van der Waals surface area contributed by atoms with Crippen molar-refractivity contribution in [3.8, 4) is 11.3 Å². The van der Waals surface area contributed by atoms with Crippen molar-refractivity contribution in [2.45, 2.75) is 11.3 Å². The van der Waals surface area contributed by atoms with Crippen LogP contribution in [0.15, 0.2) is 64.0 Å². The van der Waals surface area contributed by atoms with E-state index in [1.54, 1.807) is 18.2 Å². The maximum atomic E-state index is 12.2. The number of halogens is 1. The molecule has 0 unspecified atom stereocenters. The molecular weight excluding hydrogens is 432 g/mol. The molecule has 1 aromatic heterocycles. The van der Waals surface area contributed by atoms with E-state index in [1.807, 2.05) is 24.3 Å². The number of sulfonamides is 1. The molecule has 0 radical (unpaired) electrons. The Hall–Kier alpha value is -2.49. The molecule has 0 saturated carbocycles. The normalized spacial score (nSPS) is 11.3. The Kier molecular flexibility index (Phi) is 5.73. The fourth-order valence-electron chi connectivity index (χ4n) is 2.47. The maximum absolute atomic E-state index is 12.2. The minimum Gasteiger partial charge on any atom is -0.350 e. The van der Waals surface area contributed by atoms with Gasteiger partial charge in [0.2, 0.25) is 10.0 Å². The predicted octanol–water partition coefficient (Wildman–Crippen LogP) is 2.46. The number of nitrogens with one attached hydrogen (secondary N) is 2. The summed E-state index contributed by atoms with van der Waals surface area (Å²) in [6, 6.07) is 15.6. The minimum absolute atomic E-state index is 0.0632. The molecule has 0 fully saturated rings. The molecule has 0 aliphatic carbocycles. The van der Waals surface area contributed by atoms with Gasteiger partial charge in [0.05, 0.1) is 10.6 Å². The fourth-order valence-corrected chi connectivity index (χ4v) is 3.25. The minimum atomic E-state index is -3.70. The molecule has 9 heteroatoms. The van der Waals surface area contributed by atoms with Crippen molar-refractivity contribution in [3.05, 3.63) is 70.3 Å². The first-order chi connectivity index (χ1) is 12.8. The summed E-state index contributed by atoms with van der Waals surface area (Å²) in [5, 5.41) is 14.8. The van der Waals surface area contributed by atoms with Crippen molar-refractivity contribution < 1.29 is 13.2 Å². The second-order valence-corrected chi connectivity index (χ2v) is 8.35. The molecule has 3 aromatic rings. The Balaban J connectivity index is 1.56. The third-order valence-electron chi connectivity index (χ3n) is 3.91. The highest BCUT2D eigenvalue weighted by molar-refractivity contribution is 9.10. The van der Waals surface area contributed by atoms with E-state index in [0.29, 0.717) is 24.4 Å². The Bertz CT molecular complexity index is 1040. The molecule has 0 aliphatic rings. The van der Waals surface area contributed by atoms with E-state index in [1.165, 1.54) is 12.1 Å². The number of nitrogens with two attached hydrogens (primary N) is 1. The summed E-state index contributed by atoms with van der Waals surface area (Å²) in [5.74, 6) is -0.257. The molecule has 3 rings (SSSR count). The number of hydrogen-bond donors (Lipinski definition) is 3. The highest BCUT2D eigenvalue weighted by Crippen LogP contribution is 2.20. The van der Waals surface area contributed by atoms with Crippen molar-refractivity contribution in [1.29, 1.82) is 0 Å². The summed E-state index contributed by atoms with van der Waals surface area (Å²) < 4.78 is 23.4. The van der Waals surface area contributed by atoms with Gasteiger partial charge in [-0.3, -0.25) is 9.89 Å². The lowest BCUT2D eigenvalue weighted by atomic mass is 10.1. The number of carbonyl (C=O) groups is 1.